The number of hydrogen-bond donors (Lipinski definition) is 1. The molecule has 0 unspecified atom stereocenters. The molecule has 31 heavy (non-hydrogen) atoms. The van der Waals surface area contributed by atoms with Crippen LogP contribution in [0.15, 0.2) is 53.4 Å². The summed E-state index contributed by atoms with van der Waals surface area (Å²) in [5, 5.41) is 5.21. The minimum absolute atomic E-state index is 0.0907. The van der Waals surface area contributed by atoms with Crippen molar-refractivity contribution in [3.63, 3.8) is 0 Å². The number of benzene rings is 2. The number of anilines is 1. The fourth-order valence-electron chi connectivity index (χ4n) is 3.46. The molecule has 0 spiro atoms. The molecular weight excluding hydrogens is 434 g/mol. The SMILES string of the molecule is O=C(Nc1cc(Cl)ccc1C(=O)N1CCCCC1)c1cccc(OCc2cscn2)c1. The van der Waals surface area contributed by atoms with Crippen molar-refractivity contribution in [2.75, 3.05) is 18.4 Å². The zero-order valence-electron chi connectivity index (χ0n) is 16.8. The number of ether oxygens (including phenoxy) is 1. The van der Waals surface area contributed by atoms with E-state index in [0.717, 1.165) is 38.0 Å². The zero-order chi connectivity index (χ0) is 21.6. The molecule has 0 bridgehead atoms. The van der Waals surface area contributed by atoms with Crippen molar-refractivity contribution >= 4 is 40.4 Å². The number of rotatable bonds is 6. The van der Waals surface area contributed by atoms with Gasteiger partial charge in [0.15, 0.2) is 0 Å². The minimum Gasteiger partial charge on any atom is -0.487 e. The van der Waals surface area contributed by atoms with Crippen LogP contribution >= 0.6 is 22.9 Å². The predicted octanol–water partition coefficient (Wildman–Crippen LogP) is 5.25. The van der Waals surface area contributed by atoms with E-state index in [4.69, 9.17) is 16.3 Å². The van der Waals surface area contributed by atoms with Crippen LogP contribution in [-0.2, 0) is 6.61 Å². The van der Waals surface area contributed by atoms with Gasteiger partial charge in [-0.05, 0) is 55.7 Å². The maximum absolute atomic E-state index is 13.0. The van der Waals surface area contributed by atoms with Crippen LogP contribution in [0.3, 0.4) is 0 Å². The van der Waals surface area contributed by atoms with Crippen molar-refractivity contribution in [3.05, 3.63) is 75.2 Å². The van der Waals surface area contributed by atoms with Crippen LogP contribution in [0.2, 0.25) is 5.02 Å². The Labute approximate surface area is 189 Å². The van der Waals surface area contributed by atoms with Crippen molar-refractivity contribution in [1.82, 2.24) is 9.88 Å². The Bertz CT molecular complexity index is 1070. The van der Waals surface area contributed by atoms with Crippen LogP contribution in [0.25, 0.3) is 0 Å². The normalized spacial score (nSPS) is 13.6. The lowest BCUT2D eigenvalue weighted by molar-refractivity contribution is 0.0725. The van der Waals surface area contributed by atoms with Crippen molar-refractivity contribution in [3.8, 4) is 5.75 Å². The molecule has 8 heteroatoms. The van der Waals surface area contributed by atoms with E-state index >= 15 is 0 Å². The van der Waals surface area contributed by atoms with E-state index in [1.807, 2.05) is 10.3 Å². The van der Waals surface area contributed by atoms with Gasteiger partial charge in [-0.25, -0.2) is 4.98 Å². The molecule has 2 amide bonds. The van der Waals surface area contributed by atoms with E-state index < -0.39 is 0 Å². The van der Waals surface area contributed by atoms with E-state index in [0.29, 0.717) is 34.2 Å². The first-order valence-electron chi connectivity index (χ1n) is 10.1. The largest absolute Gasteiger partial charge is 0.487 e. The van der Waals surface area contributed by atoms with Crippen molar-refractivity contribution in [2.45, 2.75) is 25.9 Å². The van der Waals surface area contributed by atoms with Crippen LogP contribution in [-0.4, -0.2) is 34.8 Å². The maximum Gasteiger partial charge on any atom is 0.255 e. The van der Waals surface area contributed by atoms with Crippen LogP contribution < -0.4 is 10.1 Å². The number of thiazole rings is 1. The molecule has 1 aliphatic rings. The highest BCUT2D eigenvalue weighted by atomic mass is 35.5. The summed E-state index contributed by atoms with van der Waals surface area (Å²) in [6.07, 6.45) is 3.12. The Balaban J connectivity index is 1.49. The summed E-state index contributed by atoms with van der Waals surface area (Å²) in [6.45, 7) is 1.79. The number of nitrogens with one attached hydrogen (secondary N) is 1. The van der Waals surface area contributed by atoms with Gasteiger partial charge in [0, 0.05) is 29.1 Å². The molecule has 1 aliphatic heterocycles. The van der Waals surface area contributed by atoms with Crippen LogP contribution in [0.4, 0.5) is 5.69 Å². The molecule has 1 N–H and O–H groups in total. The molecule has 0 saturated carbocycles. The first-order valence-corrected chi connectivity index (χ1v) is 11.4. The highest BCUT2D eigenvalue weighted by Gasteiger charge is 2.22. The molecule has 0 radical (unpaired) electrons. The third-order valence-electron chi connectivity index (χ3n) is 5.07. The fraction of sp³-hybridized carbons (Fsp3) is 0.261. The van der Waals surface area contributed by atoms with Crippen LogP contribution in [0, 0.1) is 0 Å². The standard InChI is InChI=1S/C23H22ClN3O3S/c24-17-7-8-20(23(29)27-9-2-1-3-10-27)21(12-17)26-22(28)16-5-4-6-19(11-16)30-13-18-14-31-15-25-18/h4-8,11-12,14-15H,1-3,9-10,13H2,(H,26,28). The van der Waals surface area contributed by atoms with E-state index in [1.54, 1.807) is 48.0 Å². The highest BCUT2D eigenvalue weighted by molar-refractivity contribution is 7.07. The van der Waals surface area contributed by atoms with Gasteiger partial charge in [0.25, 0.3) is 11.8 Å². The number of halogens is 1. The molecule has 0 aliphatic carbocycles. The Kier molecular flexibility index (Phi) is 6.84. The second-order valence-electron chi connectivity index (χ2n) is 7.29. The highest BCUT2D eigenvalue weighted by Crippen LogP contribution is 2.25. The van der Waals surface area contributed by atoms with Gasteiger partial charge in [0.05, 0.1) is 22.5 Å². The summed E-state index contributed by atoms with van der Waals surface area (Å²) >= 11 is 7.65. The van der Waals surface area contributed by atoms with Gasteiger partial charge in [-0.15, -0.1) is 11.3 Å². The van der Waals surface area contributed by atoms with Crippen molar-refractivity contribution in [2.24, 2.45) is 0 Å². The van der Waals surface area contributed by atoms with Gasteiger partial charge < -0.3 is 15.0 Å². The topological polar surface area (TPSA) is 71.5 Å². The lowest BCUT2D eigenvalue weighted by Gasteiger charge is -2.27. The molecule has 3 aromatic rings. The molecule has 1 fully saturated rings. The second-order valence-corrected chi connectivity index (χ2v) is 8.45. The van der Waals surface area contributed by atoms with Gasteiger partial charge >= 0.3 is 0 Å². The molecule has 6 nitrogen and oxygen atoms in total. The summed E-state index contributed by atoms with van der Waals surface area (Å²) in [6, 6.07) is 11.8. The molecular formula is C23H22ClN3O3S. The lowest BCUT2D eigenvalue weighted by atomic mass is 10.1. The van der Waals surface area contributed by atoms with Crippen molar-refractivity contribution in [1.29, 1.82) is 0 Å². The zero-order valence-corrected chi connectivity index (χ0v) is 18.4. The number of carbonyl (C=O) groups is 2. The number of aromatic nitrogens is 1. The van der Waals surface area contributed by atoms with E-state index in [2.05, 4.69) is 10.3 Å². The number of piperidine rings is 1. The number of hydrogen-bond acceptors (Lipinski definition) is 5. The van der Waals surface area contributed by atoms with Crippen molar-refractivity contribution < 1.29 is 14.3 Å². The first-order chi connectivity index (χ1) is 15.1. The number of amides is 2. The molecule has 1 saturated heterocycles. The predicted molar refractivity (Wildman–Crippen MR) is 122 cm³/mol. The smallest absolute Gasteiger partial charge is 0.255 e. The van der Waals surface area contributed by atoms with E-state index in [9.17, 15) is 9.59 Å². The van der Waals surface area contributed by atoms with Gasteiger partial charge in [0.2, 0.25) is 0 Å². The van der Waals surface area contributed by atoms with Crippen LogP contribution in [0.5, 0.6) is 5.75 Å². The maximum atomic E-state index is 13.0. The first kappa shape index (κ1) is 21.3. The quantitative estimate of drug-likeness (QED) is 0.550. The molecule has 4 rings (SSSR count). The summed E-state index contributed by atoms with van der Waals surface area (Å²) in [5.41, 5.74) is 3.85. The third kappa shape index (κ3) is 5.42. The molecule has 2 aromatic carbocycles. The average molecular weight is 456 g/mol. The summed E-state index contributed by atoms with van der Waals surface area (Å²) in [4.78, 5) is 31.9. The van der Waals surface area contributed by atoms with E-state index in [1.165, 1.54) is 11.3 Å². The van der Waals surface area contributed by atoms with Crippen LogP contribution in [0.1, 0.15) is 45.7 Å². The Hall–Kier alpha value is -2.90. The van der Waals surface area contributed by atoms with Gasteiger partial charge in [-0.1, -0.05) is 17.7 Å². The minimum atomic E-state index is -0.339. The third-order valence-corrected chi connectivity index (χ3v) is 5.94. The molecule has 2 heterocycles. The monoisotopic (exact) mass is 455 g/mol. The number of likely N-dealkylation sites (tertiary alicyclic amines) is 1. The molecule has 160 valence electrons. The number of carbonyl (C=O) groups excluding carboxylic acids is 2. The van der Waals surface area contributed by atoms with Gasteiger partial charge in [-0.3, -0.25) is 9.59 Å². The Morgan fingerprint density at radius 1 is 1.13 bits per heavy atom. The lowest BCUT2D eigenvalue weighted by Crippen LogP contribution is -2.36. The molecule has 0 atom stereocenters. The number of nitrogens with zero attached hydrogens (tertiary/aromatic N) is 2. The van der Waals surface area contributed by atoms with Gasteiger partial charge in [-0.2, -0.15) is 0 Å². The average Bonchev–Trinajstić information content (AvgIpc) is 3.32. The summed E-state index contributed by atoms with van der Waals surface area (Å²) < 4.78 is 5.73. The summed E-state index contributed by atoms with van der Waals surface area (Å²) in [5.74, 6) is 0.137. The fourth-order valence-corrected chi connectivity index (χ4v) is 4.18. The second kappa shape index (κ2) is 9.94. The van der Waals surface area contributed by atoms with Gasteiger partial charge in [0.1, 0.15) is 12.4 Å². The van der Waals surface area contributed by atoms with E-state index in [-0.39, 0.29) is 11.8 Å². The Morgan fingerprint density at radius 2 is 1.97 bits per heavy atom. The Morgan fingerprint density at radius 3 is 2.74 bits per heavy atom. The summed E-state index contributed by atoms with van der Waals surface area (Å²) in [7, 11) is 0. The molecule has 1 aromatic heterocycles.